The van der Waals surface area contributed by atoms with Crippen molar-refractivity contribution >= 4 is 34.3 Å². The first-order valence-electron chi connectivity index (χ1n) is 7.02. The number of esters is 1. The number of rotatable bonds is 8. The zero-order valence-corrected chi connectivity index (χ0v) is 14.2. The predicted molar refractivity (Wildman–Crippen MR) is 87.5 cm³/mol. The van der Waals surface area contributed by atoms with Crippen LogP contribution in [0.3, 0.4) is 0 Å². The van der Waals surface area contributed by atoms with Crippen molar-refractivity contribution in [1.82, 2.24) is 0 Å². The second-order valence-corrected chi connectivity index (χ2v) is 5.95. The fraction of sp³-hybridized carbons (Fsp3) is 0.500. The van der Waals surface area contributed by atoms with Crippen LogP contribution in [0.1, 0.15) is 38.7 Å². The lowest BCUT2D eigenvalue weighted by Crippen LogP contribution is -2.28. The first kappa shape index (κ1) is 17.1. The summed E-state index contributed by atoms with van der Waals surface area (Å²) in [4.78, 5) is 24.2. The maximum Gasteiger partial charge on any atom is 0.316 e. The Kier molecular flexibility index (Phi) is 7.80. The summed E-state index contributed by atoms with van der Waals surface area (Å²) < 4.78 is 6.18. The number of Topliss-reactive ketones (excluding diaryl/α,β-unsaturated/α-hetero) is 1. The smallest absolute Gasteiger partial charge is 0.316 e. The number of carbonyl (C=O) groups is 2. The average Bonchev–Trinajstić information content (AvgIpc) is 2.44. The van der Waals surface area contributed by atoms with Crippen molar-refractivity contribution in [3.05, 3.63) is 33.4 Å². The second kappa shape index (κ2) is 9.10. The largest absolute Gasteiger partial charge is 0.465 e. The van der Waals surface area contributed by atoms with Crippen molar-refractivity contribution in [2.75, 3.05) is 6.61 Å². The number of ketones is 1. The molecule has 1 aromatic rings. The van der Waals surface area contributed by atoms with Gasteiger partial charge in [-0.1, -0.05) is 25.5 Å². The van der Waals surface area contributed by atoms with Gasteiger partial charge in [0.05, 0.1) is 6.61 Å². The SMILES string of the molecule is CCCCC(=O)C(Cc1ccc(I)cc1)C(=O)OCC. The van der Waals surface area contributed by atoms with Crippen LogP contribution in [0.5, 0.6) is 0 Å². The molecule has 0 heterocycles. The van der Waals surface area contributed by atoms with Crippen LogP contribution in [0.2, 0.25) is 0 Å². The Labute approximate surface area is 134 Å². The van der Waals surface area contributed by atoms with Crippen LogP contribution in [-0.2, 0) is 20.7 Å². The Morgan fingerprint density at radius 3 is 2.40 bits per heavy atom. The molecule has 110 valence electrons. The van der Waals surface area contributed by atoms with Crippen LogP contribution in [0.25, 0.3) is 0 Å². The predicted octanol–water partition coefficient (Wildman–Crippen LogP) is 3.77. The van der Waals surface area contributed by atoms with Gasteiger partial charge in [-0.2, -0.15) is 0 Å². The topological polar surface area (TPSA) is 43.4 Å². The molecular weight excluding hydrogens is 367 g/mol. The number of halogens is 1. The highest BCUT2D eigenvalue weighted by Gasteiger charge is 2.27. The molecule has 0 radical (unpaired) electrons. The Hall–Kier alpha value is -0.910. The lowest BCUT2D eigenvalue weighted by Gasteiger charge is -2.14. The minimum atomic E-state index is -0.665. The van der Waals surface area contributed by atoms with Gasteiger partial charge in [0.15, 0.2) is 0 Å². The van der Waals surface area contributed by atoms with E-state index in [1.165, 1.54) is 0 Å². The van der Waals surface area contributed by atoms with Crippen LogP contribution in [0, 0.1) is 9.49 Å². The molecule has 0 saturated carbocycles. The van der Waals surface area contributed by atoms with E-state index in [9.17, 15) is 9.59 Å². The van der Waals surface area contributed by atoms with E-state index in [0.29, 0.717) is 19.4 Å². The molecule has 0 fully saturated rings. The third-order valence-corrected chi connectivity index (χ3v) is 3.81. The first-order valence-corrected chi connectivity index (χ1v) is 8.10. The van der Waals surface area contributed by atoms with Gasteiger partial charge in [0.1, 0.15) is 11.7 Å². The second-order valence-electron chi connectivity index (χ2n) is 4.71. The fourth-order valence-corrected chi connectivity index (χ4v) is 2.31. The molecule has 0 aliphatic carbocycles. The van der Waals surface area contributed by atoms with Gasteiger partial charge in [0, 0.05) is 9.99 Å². The third-order valence-electron chi connectivity index (χ3n) is 3.09. The lowest BCUT2D eigenvalue weighted by atomic mass is 9.92. The molecule has 1 rings (SSSR count). The van der Waals surface area contributed by atoms with Crippen LogP contribution in [-0.4, -0.2) is 18.4 Å². The van der Waals surface area contributed by atoms with Crippen molar-refractivity contribution in [2.24, 2.45) is 5.92 Å². The fourth-order valence-electron chi connectivity index (χ4n) is 1.95. The van der Waals surface area contributed by atoms with Gasteiger partial charge in [-0.15, -0.1) is 0 Å². The van der Waals surface area contributed by atoms with Gasteiger partial charge < -0.3 is 4.74 Å². The number of hydrogen-bond acceptors (Lipinski definition) is 3. The van der Waals surface area contributed by atoms with Gasteiger partial charge >= 0.3 is 5.97 Å². The van der Waals surface area contributed by atoms with Crippen LogP contribution < -0.4 is 0 Å². The van der Waals surface area contributed by atoms with Gasteiger partial charge in [-0.05, 0) is 60.1 Å². The lowest BCUT2D eigenvalue weighted by molar-refractivity contribution is -0.151. The van der Waals surface area contributed by atoms with E-state index in [1.807, 2.05) is 31.2 Å². The van der Waals surface area contributed by atoms with Gasteiger partial charge in [-0.25, -0.2) is 0 Å². The molecule has 3 nitrogen and oxygen atoms in total. The van der Waals surface area contributed by atoms with Gasteiger partial charge in [-0.3, -0.25) is 9.59 Å². The van der Waals surface area contributed by atoms with E-state index in [2.05, 4.69) is 22.6 Å². The Balaban J connectivity index is 2.78. The average molecular weight is 388 g/mol. The van der Waals surface area contributed by atoms with Gasteiger partial charge in [0.2, 0.25) is 0 Å². The quantitative estimate of drug-likeness (QED) is 0.387. The number of carbonyl (C=O) groups excluding carboxylic acids is 2. The molecule has 20 heavy (non-hydrogen) atoms. The number of unbranched alkanes of at least 4 members (excludes halogenated alkanes) is 1. The van der Waals surface area contributed by atoms with Crippen molar-refractivity contribution in [1.29, 1.82) is 0 Å². The first-order chi connectivity index (χ1) is 9.58. The van der Waals surface area contributed by atoms with Crippen molar-refractivity contribution in [3.8, 4) is 0 Å². The molecule has 1 unspecified atom stereocenters. The third kappa shape index (κ3) is 5.61. The molecule has 4 heteroatoms. The zero-order valence-electron chi connectivity index (χ0n) is 12.0. The summed E-state index contributed by atoms with van der Waals surface area (Å²) in [5, 5.41) is 0. The van der Waals surface area contributed by atoms with E-state index in [-0.39, 0.29) is 5.78 Å². The summed E-state index contributed by atoms with van der Waals surface area (Å²) in [6, 6.07) is 7.88. The van der Waals surface area contributed by atoms with Crippen LogP contribution in [0.4, 0.5) is 0 Å². The molecule has 0 N–H and O–H groups in total. The van der Waals surface area contributed by atoms with Crippen molar-refractivity contribution in [3.63, 3.8) is 0 Å². The summed E-state index contributed by atoms with van der Waals surface area (Å²) in [7, 11) is 0. The van der Waals surface area contributed by atoms with Crippen molar-refractivity contribution in [2.45, 2.75) is 39.5 Å². The Morgan fingerprint density at radius 1 is 1.20 bits per heavy atom. The molecule has 0 saturated heterocycles. The maximum absolute atomic E-state index is 12.2. The normalized spacial score (nSPS) is 11.9. The van der Waals surface area contributed by atoms with E-state index in [1.54, 1.807) is 6.92 Å². The highest BCUT2D eigenvalue weighted by Crippen LogP contribution is 2.16. The van der Waals surface area contributed by atoms with E-state index in [4.69, 9.17) is 4.74 Å². The van der Waals surface area contributed by atoms with Gasteiger partial charge in [0.25, 0.3) is 0 Å². The summed E-state index contributed by atoms with van der Waals surface area (Å²) in [5.41, 5.74) is 0.994. The molecule has 0 bridgehead atoms. The highest BCUT2D eigenvalue weighted by atomic mass is 127. The minimum Gasteiger partial charge on any atom is -0.465 e. The minimum absolute atomic E-state index is 0.0103. The molecular formula is C16H21IO3. The number of benzene rings is 1. The zero-order chi connectivity index (χ0) is 15.0. The van der Waals surface area contributed by atoms with Crippen LogP contribution in [0.15, 0.2) is 24.3 Å². The molecule has 1 aromatic carbocycles. The summed E-state index contributed by atoms with van der Waals surface area (Å²) in [6.07, 6.45) is 2.65. The molecule has 0 amide bonds. The number of ether oxygens (including phenoxy) is 1. The van der Waals surface area contributed by atoms with Crippen molar-refractivity contribution < 1.29 is 14.3 Å². The Bertz CT molecular complexity index is 440. The van der Waals surface area contributed by atoms with Crippen LogP contribution >= 0.6 is 22.6 Å². The molecule has 0 aliphatic rings. The standard InChI is InChI=1S/C16H21IO3/c1-3-5-6-15(18)14(16(19)20-4-2)11-12-7-9-13(17)10-8-12/h7-10,14H,3-6,11H2,1-2H3. The maximum atomic E-state index is 12.2. The highest BCUT2D eigenvalue weighted by molar-refractivity contribution is 14.1. The van der Waals surface area contributed by atoms with E-state index >= 15 is 0 Å². The summed E-state index contributed by atoms with van der Waals surface area (Å²) >= 11 is 2.23. The molecule has 0 aliphatic heterocycles. The Morgan fingerprint density at radius 2 is 1.85 bits per heavy atom. The molecule has 0 spiro atoms. The number of hydrogen-bond donors (Lipinski definition) is 0. The molecule has 0 aromatic heterocycles. The molecule has 1 atom stereocenters. The summed E-state index contributed by atoms with van der Waals surface area (Å²) in [5.74, 6) is -1.07. The summed E-state index contributed by atoms with van der Waals surface area (Å²) in [6.45, 7) is 4.10. The van der Waals surface area contributed by atoms with E-state index in [0.717, 1.165) is 22.0 Å². The monoisotopic (exact) mass is 388 g/mol. The van der Waals surface area contributed by atoms with E-state index < -0.39 is 11.9 Å².